The molecule has 0 saturated carbocycles. The molecule has 1 aliphatic heterocycles. The number of rotatable bonds is 3. The zero-order valence-corrected chi connectivity index (χ0v) is 13.5. The molecule has 23 heavy (non-hydrogen) atoms. The summed E-state index contributed by atoms with van der Waals surface area (Å²) in [5.41, 5.74) is 0.970. The molecule has 0 spiro atoms. The SMILES string of the molecule is Cc1c(NC(=O)N2CCCC2c2cccs2)cccc1[N+](=O)[O-]. The first-order valence-electron chi connectivity index (χ1n) is 7.43. The maximum absolute atomic E-state index is 12.6. The van der Waals surface area contributed by atoms with Crippen molar-refractivity contribution in [2.75, 3.05) is 11.9 Å². The van der Waals surface area contributed by atoms with Crippen LogP contribution in [0.25, 0.3) is 0 Å². The minimum absolute atomic E-state index is 0.0130. The lowest BCUT2D eigenvalue weighted by atomic mass is 10.1. The number of nitrogens with zero attached hydrogens (tertiary/aromatic N) is 2. The molecule has 1 atom stereocenters. The second-order valence-electron chi connectivity index (χ2n) is 5.50. The molecule has 0 bridgehead atoms. The number of carbonyl (C=O) groups excluding carboxylic acids is 1. The molecule has 2 aromatic rings. The Hall–Kier alpha value is -2.41. The van der Waals surface area contributed by atoms with Crippen molar-refractivity contribution in [1.82, 2.24) is 4.90 Å². The molecule has 1 aromatic heterocycles. The third kappa shape index (κ3) is 3.05. The quantitative estimate of drug-likeness (QED) is 0.671. The smallest absolute Gasteiger partial charge is 0.317 e. The minimum atomic E-state index is -0.435. The van der Waals surface area contributed by atoms with Crippen LogP contribution in [-0.2, 0) is 0 Å². The number of likely N-dealkylation sites (tertiary alicyclic amines) is 1. The van der Waals surface area contributed by atoms with Crippen molar-refractivity contribution in [3.8, 4) is 0 Å². The lowest BCUT2D eigenvalue weighted by Gasteiger charge is -2.24. The monoisotopic (exact) mass is 331 g/mol. The maximum Gasteiger partial charge on any atom is 0.322 e. The number of hydrogen-bond acceptors (Lipinski definition) is 4. The Morgan fingerprint density at radius 1 is 1.39 bits per heavy atom. The van der Waals surface area contributed by atoms with Gasteiger partial charge in [-0.1, -0.05) is 12.1 Å². The molecule has 2 amide bonds. The lowest BCUT2D eigenvalue weighted by Crippen LogP contribution is -2.34. The first-order chi connectivity index (χ1) is 11.1. The average molecular weight is 331 g/mol. The number of hydrogen-bond donors (Lipinski definition) is 1. The minimum Gasteiger partial charge on any atom is -0.317 e. The van der Waals surface area contributed by atoms with Crippen LogP contribution >= 0.6 is 11.3 Å². The number of carbonyl (C=O) groups is 1. The van der Waals surface area contributed by atoms with E-state index in [0.717, 1.165) is 12.8 Å². The predicted molar refractivity (Wildman–Crippen MR) is 89.9 cm³/mol. The molecule has 1 fully saturated rings. The van der Waals surface area contributed by atoms with Crippen LogP contribution in [0.2, 0.25) is 0 Å². The Morgan fingerprint density at radius 2 is 2.22 bits per heavy atom. The lowest BCUT2D eigenvalue weighted by molar-refractivity contribution is -0.385. The van der Waals surface area contributed by atoms with Gasteiger partial charge in [-0.2, -0.15) is 0 Å². The van der Waals surface area contributed by atoms with Gasteiger partial charge < -0.3 is 10.2 Å². The Balaban J connectivity index is 1.79. The summed E-state index contributed by atoms with van der Waals surface area (Å²) >= 11 is 1.65. The van der Waals surface area contributed by atoms with E-state index in [1.807, 2.05) is 22.4 Å². The van der Waals surface area contributed by atoms with E-state index in [4.69, 9.17) is 0 Å². The first kappa shape index (κ1) is 15.5. The Morgan fingerprint density at radius 3 is 2.91 bits per heavy atom. The van der Waals surface area contributed by atoms with E-state index in [9.17, 15) is 14.9 Å². The van der Waals surface area contributed by atoms with Crippen molar-refractivity contribution in [1.29, 1.82) is 0 Å². The topological polar surface area (TPSA) is 75.5 Å². The number of nitro groups is 1. The Kier molecular flexibility index (Phi) is 4.29. The van der Waals surface area contributed by atoms with Crippen LogP contribution in [0.4, 0.5) is 16.2 Å². The number of nitro benzene ring substituents is 1. The Labute approximate surface area is 137 Å². The molecule has 1 saturated heterocycles. The van der Waals surface area contributed by atoms with Crippen LogP contribution in [0.3, 0.4) is 0 Å². The summed E-state index contributed by atoms with van der Waals surface area (Å²) in [5, 5.41) is 15.8. The van der Waals surface area contributed by atoms with E-state index in [2.05, 4.69) is 5.32 Å². The average Bonchev–Trinajstić information content (AvgIpc) is 3.19. The van der Waals surface area contributed by atoms with E-state index in [1.54, 1.807) is 30.4 Å². The normalized spacial score (nSPS) is 17.3. The number of benzene rings is 1. The molecule has 7 heteroatoms. The largest absolute Gasteiger partial charge is 0.322 e. The van der Waals surface area contributed by atoms with Crippen molar-refractivity contribution in [3.05, 3.63) is 56.3 Å². The predicted octanol–water partition coefficient (Wildman–Crippen LogP) is 4.33. The summed E-state index contributed by atoms with van der Waals surface area (Å²) in [4.78, 5) is 26.2. The number of nitrogens with one attached hydrogen (secondary N) is 1. The number of amides is 2. The van der Waals surface area contributed by atoms with Gasteiger partial charge in [0, 0.05) is 17.5 Å². The molecule has 2 heterocycles. The molecule has 3 rings (SSSR count). The van der Waals surface area contributed by atoms with Crippen molar-refractivity contribution in [3.63, 3.8) is 0 Å². The van der Waals surface area contributed by atoms with Gasteiger partial charge in [-0.25, -0.2) is 4.79 Å². The van der Waals surface area contributed by atoms with E-state index in [0.29, 0.717) is 17.8 Å². The summed E-state index contributed by atoms with van der Waals surface area (Å²) in [6.07, 6.45) is 1.91. The van der Waals surface area contributed by atoms with Gasteiger partial charge in [0.1, 0.15) is 0 Å². The summed E-state index contributed by atoms with van der Waals surface area (Å²) < 4.78 is 0. The highest BCUT2D eigenvalue weighted by Gasteiger charge is 2.31. The van der Waals surface area contributed by atoms with E-state index < -0.39 is 4.92 Å². The van der Waals surface area contributed by atoms with Crippen molar-refractivity contribution in [2.24, 2.45) is 0 Å². The van der Waals surface area contributed by atoms with Gasteiger partial charge in [0.05, 0.1) is 22.2 Å². The van der Waals surface area contributed by atoms with Crippen molar-refractivity contribution in [2.45, 2.75) is 25.8 Å². The van der Waals surface area contributed by atoms with Gasteiger partial charge in [-0.3, -0.25) is 10.1 Å². The van der Waals surface area contributed by atoms with Crippen LogP contribution in [-0.4, -0.2) is 22.4 Å². The number of thiophene rings is 1. The van der Waals surface area contributed by atoms with E-state index >= 15 is 0 Å². The molecule has 1 aliphatic rings. The molecule has 6 nitrogen and oxygen atoms in total. The third-order valence-electron chi connectivity index (χ3n) is 4.13. The second-order valence-corrected chi connectivity index (χ2v) is 6.48. The Bertz CT molecular complexity index is 730. The standard InChI is InChI=1S/C16H17N3O3S/c1-11-12(5-2-6-13(11)19(21)22)17-16(20)18-9-3-7-14(18)15-8-4-10-23-15/h2,4-6,8,10,14H,3,7,9H2,1H3,(H,17,20). The van der Waals surface area contributed by atoms with Gasteiger partial charge in [0.2, 0.25) is 0 Å². The zero-order valence-electron chi connectivity index (χ0n) is 12.7. The van der Waals surface area contributed by atoms with Crippen molar-refractivity contribution >= 4 is 28.7 Å². The molecular formula is C16H17N3O3S. The third-order valence-corrected chi connectivity index (χ3v) is 5.10. The highest BCUT2D eigenvalue weighted by molar-refractivity contribution is 7.10. The van der Waals surface area contributed by atoms with Crippen molar-refractivity contribution < 1.29 is 9.72 Å². The molecular weight excluding hydrogens is 314 g/mol. The fraction of sp³-hybridized carbons (Fsp3) is 0.312. The second kappa shape index (κ2) is 6.37. The molecule has 120 valence electrons. The fourth-order valence-electron chi connectivity index (χ4n) is 2.93. The highest BCUT2D eigenvalue weighted by atomic mass is 32.1. The summed E-state index contributed by atoms with van der Waals surface area (Å²) in [5.74, 6) is 0. The van der Waals surface area contributed by atoms with E-state index in [-0.39, 0.29) is 17.8 Å². The maximum atomic E-state index is 12.6. The summed E-state index contributed by atoms with van der Waals surface area (Å²) in [6, 6.07) is 8.63. The highest BCUT2D eigenvalue weighted by Crippen LogP contribution is 2.35. The van der Waals surface area contributed by atoms with Gasteiger partial charge >= 0.3 is 6.03 Å². The van der Waals surface area contributed by atoms with Gasteiger partial charge in [0.15, 0.2) is 0 Å². The van der Waals surface area contributed by atoms with Crippen LogP contribution in [0.1, 0.15) is 29.3 Å². The first-order valence-corrected chi connectivity index (χ1v) is 8.31. The molecule has 1 aromatic carbocycles. The van der Waals surface area contributed by atoms with Gasteiger partial charge in [0.25, 0.3) is 5.69 Å². The van der Waals surface area contributed by atoms with Crippen LogP contribution < -0.4 is 5.32 Å². The molecule has 0 radical (unpaired) electrons. The van der Waals surface area contributed by atoms with Gasteiger partial charge in [-0.05, 0) is 37.3 Å². The summed E-state index contributed by atoms with van der Waals surface area (Å²) in [7, 11) is 0. The van der Waals surface area contributed by atoms with Crippen LogP contribution in [0.5, 0.6) is 0 Å². The fourth-order valence-corrected chi connectivity index (χ4v) is 3.80. The van der Waals surface area contributed by atoms with E-state index in [1.165, 1.54) is 10.9 Å². The zero-order chi connectivity index (χ0) is 16.4. The number of urea groups is 1. The van der Waals surface area contributed by atoms with Crippen LogP contribution in [0.15, 0.2) is 35.7 Å². The summed E-state index contributed by atoms with van der Waals surface area (Å²) in [6.45, 7) is 2.34. The molecule has 1 unspecified atom stereocenters. The van der Waals surface area contributed by atoms with Gasteiger partial charge in [-0.15, -0.1) is 11.3 Å². The van der Waals surface area contributed by atoms with Crippen LogP contribution in [0, 0.1) is 17.0 Å². The number of anilines is 1. The molecule has 0 aliphatic carbocycles. The molecule has 1 N–H and O–H groups in total.